The number of nitrogens with two attached hydrogens (primary N) is 1. The van der Waals surface area contributed by atoms with Gasteiger partial charge in [-0.15, -0.1) is 11.3 Å². The number of rotatable bonds is 6. The number of aliphatic hydroxyl groups is 1. The lowest BCUT2D eigenvalue weighted by Crippen LogP contribution is -2.34. The molecule has 0 saturated heterocycles. The number of carboxylic acid groups (broad SMARTS) is 1. The summed E-state index contributed by atoms with van der Waals surface area (Å²) >= 11 is 2.88. The fourth-order valence-electron chi connectivity index (χ4n) is 0.911. The molecule has 1 aromatic heterocycles. The Kier molecular flexibility index (Phi) is 5.03. The molecule has 0 aliphatic rings. The van der Waals surface area contributed by atoms with E-state index in [4.69, 9.17) is 10.8 Å². The van der Waals surface area contributed by atoms with Gasteiger partial charge in [-0.25, -0.2) is 4.98 Å². The van der Waals surface area contributed by atoms with Crippen LogP contribution in [0.2, 0.25) is 0 Å². The fraction of sp³-hybridized carbons (Fsp3) is 0.500. The SMILES string of the molecule is NC(CC(O)CSc1nccs1)C(=O)O. The van der Waals surface area contributed by atoms with Crippen LogP contribution in [0.25, 0.3) is 0 Å². The Morgan fingerprint density at radius 1 is 1.73 bits per heavy atom. The van der Waals surface area contributed by atoms with Crippen LogP contribution in [0.4, 0.5) is 0 Å². The molecule has 7 heteroatoms. The van der Waals surface area contributed by atoms with Gasteiger partial charge >= 0.3 is 5.97 Å². The molecule has 15 heavy (non-hydrogen) atoms. The molecule has 0 aliphatic carbocycles. The largest absolute Gasteiger partial charge is 0.480 e. The standard InChI is InChI=1S/C8H12N2O3S2/c9-6(7(12)13)3-5(11)4-15-8-10-1-2-14-8/h1-2,5-6,11H,3-4,9H2,(H,12,13). The number of hydrogen-bond donors (Lipinski definition) is 3. The molecule has 0 spiro atoms. The quantitative estimate of drug-likeness (QED) is 0.630. The molecule has 4 N–H and O–H groups in total. The summed E-state index contributed by atoms with van der Waals surface area (Å²) in [7, 11) is 0. The van der Waals surface area contributed by atoms with Crippen molar-refractivity contribution in [2.24, 2.45) is 5.73 Å². The first-order chi connectivity index (χ1) is 7.09. The molecule has 2 unspecified atom stereocenters. The zero-order chi connectivity index (χ0) is 11.3. The molecular formula is C8H12N2O3S2. The fourth-order valence-corrected chi connectivity index (χ4v) is 2.52. The van der Waals surface area contributed by atoms with Crippen LogP contribution >= 0.6 is 23.1 Å². The number of aromatic nitrogens is 1. The highest BCUT2D eigenvalue weighted by molar-refractivity contribution is 8.01. The van der Waals surface area contributed by atoms with Crippen molar-refractivity contribution < 1.29 is 15.0 Å². The summed E-state index contributed by atoms with van der Waals surface area (Å²) in [5.41, 5.74) is 5.28. The summed E-state index contributed by atoms with van der Waals surface area (Å²) in [6, 6.07) is -1.00. The van der Waals surface area contributed by atoms with E-state index in [0.717, 1.165) is 4.34 Å². The van der Waals surface area contributed by atoms with Crippen molar-refractivity contribution in [2.45, 2.75) is 22.9 Å². The van der Waals surface area contributed by atoms with E-state index in [9.17, 15) is 9.90 Å². The minimum atomic E-state index is -1.09. The smallest absolute Gasteiger partial charge is 0.320 e. The van der Waals surface area contributed by atoms with Crippen molar-refractivity contribution in [1.82, 2.24) is 4.98 Å². The zero-order valence-corrected chi connectivity index (χ0v) is 9.50. The van der Waals surface area contributed by atoms with Crippen LogP contribution in [0.3, 0.4) is 0 Å². The molecule has 2 atom stereocenters. The van der Waals surface area contributed by atoms with Gasteiger partial charge in [0.1, 0.15) is 10.4 Å². The first-order valence-corrected chi connectivity index (χ1v) is 6.15. The van der Waals surface area contributed by atoms with Crippen LogP contribution in [0.1, 0.15) is 6.42 Å². The average molecular weight is 248 g/mol. The number of nitrogens with zero attached hydrogens (tertiary/aromatic N) is 1. The van der Waals surface area contributed by atoms with Crippen LogP contribution in [0.5, 0.6) is 0 Å². The van der Waals surface area contributed by atoms with Crippen molar-refractivity contribution in [1.29, 1.82) is 0 Å². The third kappa shape index (κ3) is 4.61. The van der Waals surface area contributed by atoms with Crippen molar-refractivity contribution in [3.8, 4) is 0 Å². The second-order valence-electron chi connectivity index (χ2n) is 2.94. The predicted octanol–water partition coefficient (Wildman–Crippen LogP) is 0.398. The summed E-state index contributed by atoms with van der Waals surface area (Å²) in [6.45, 7) is 0. The van der Waals surface area contributed by atoms with Crippen molar-refractivity contribution in [2.75, 3.05) is 5.75 Å². The Labute approximate surface area is 95.3 Å². The lowest BCUT2D eigenvalue weighted by atomic mass is 10.1. The highest BCUT2D eigenvalue weighted by Crippen LogP contribution is 2.21. The monoisotopic (exact) mass is 248 g/mol. The van der Waals surface area contributed by atoms with E-state index >= 15 is 0 Å². The second kappa shape index (κ2) is 6.06. The molecule has 1 rings (SSSR count). The lowest BCUT2D eigenvalue weighted by Gasteiger charge is -2.11. The maximum absolute atomic E-state index is 10.4. The van der Waals surface area contributed by atoms with Gasteiger partial charge in [0.25, 0.3) is 0 Å². The molecule has 0 aliphatic heterocycles. The van der Waals surface area contributed by atoms with Gasteiger partial charge in [-0.3, -0.25) is 4.79 Å². The van der Waals surface area contributed by atoms with Crippen molar-refractivity contribution >= 4 is 29.1 Å². The van der Waals surface area contributed by atoms with Crippen molar-refractivity contribution in [3.63, 3.8) is 0 Å². The normalized spacial score (nSPS) is 14.8. The summed E-state index contributed by atoms with van der Waals surface area (Å²) in [5.74, 6) is -0.678. The molecular weight excluding hydrogens is 236 g/mol. The minimum absolute atomic E-state index is 0.0632. The predicted molar refractivity (Wildman–Crippen MR) is 59.1 cm³/mol. The maximum atomic E-state index is 10.4. The van der Waals surface area contributed by atoms with E-state index in [1.54, 1.807) is 6.20 Å². The maximum Gasteiger partial charge on any atom is 0.320 e. The highest BCUT2D eigenvalue weighted by Gasteiger charge is 2.17. The van der Waals surface area contributed by atoms with E-state index < -0.39 is 18.1 Å². The number of aliphatic carboxylic acids is 1. The van der Waals surface area contributed by atoms with Gasteiger partial charge in [0.15, 0.2) is 0 Å². The Hall–Kier alpha value is -0.630. The second-order valence-corrected chi connectivity index (χ2v) is 5.10. The summed E-state index contributed by atoms with van der Waals surface area (Å²) < 4.78 is 0.859. The number of hydrogen-bond acceptors (Lipinski definition) is 6. The van der Waals surface area contributed by atoms with Crippen LogP contribution in [-0.2, 0) is 4.79 Å². The van der Waals surface area contributed by atoms with E-state index in [0.29, 0.717) is 5.75 Å². The van der Waals surface area contributed by atoms with Gasteiger partial charge in [-0.1, -0.05) is 11.8 Å². The Morgan fingerprint density at radius 3 is 3.00 bits per heavy atom. The summed E-state index contributed by atoms with van der Waals surface area (Å²) in [6.07, 6.45) is 1.03. The molecule has 0 fully saturated rings. The van der Waals surface area contributed by atoms with Gasteiger partial charge < -0.3 is 15.9 Å². The number of aliphatic hydroxyl groups excluding tert-OH is 1. The molecule has 0 bridgehead atoms. The average Bonchev–Trinajstić information content (AvgIpc) is 2.66. The number of thiazole rings is 1. The third-order valence-electron chi connectivity index (χ3n) is 1.65. The summed E-state index contributed by atoms with van der Waals surface area (Å²) in [4.78, 5) is 14.4. The highest BCUT2D eigenvalue weighted by atomic mass is 32.2. The van der Waals surface area contributed by atoms with Crippen LogP contribution in [0, 0.1) is 0 Å². The Bertz CT molecular complexity index is 305. The number of carbonyl (C=O) groups is 1. The van der Waals surface area contributed by atoms with Crippen LogP contribution in [-0.4, -0.2) is 39.1 Å². The number of carboxylic acids is 1. The van der Waals surface area contributed by atoms with Gasteiger partial charge in [-0.2, -0.15) is 0 Å². The van der Waals surface area contributed by atoms with E-state index in [1.165, 1.54) is 23.1 Å². The summed E-state index contributed by atoms with van der Waals surface area (Å²) in [5, 5.41) is 19.9. The van der Waals surface area contributed by atoms with E-state index in [1.807, 2.05) is 5.38 Å². The molecule has 1 heterocycles. The van der Waals surface area contributed by atoms with Gasteiger partial charge in [-0.05, 0) is 6.42 Å². The van der Waals surface area contributed by atoms with Gasteiger partial charge in [0.2, 0.25) is 0 Å². The van der Waals surface area contributed by atoms with Gasteiger partial charge in [0.05, 0.1) is 6.10 Å². The molecule has 0 aromatic carbocycles. The molecule has 0 radical (unpaired) electrons. The molecule has 5 nitrogen and oxygen atoms in total. The molecule has 1 aromatic rings. The van der Waals surface area contributed by atoms with E-state index in [-0.39, 0.29) is 6.42 Å². The number of thioether (sulfide) groups is 1. The molecule has 0 saturated carbocycles. The minimum Gasteiger partial charge on any atom is -0.480 e. The first kappa shape index (κ1) is 12.4. The Balaban J connectivity index is 2.24. The van der Waals surface area contributed by atoms with Crippen LogP contribution < -0.4 is 5.73 Å². The van der Waals surface area contributed by atoms with E-state index in [2.05, 4.69) is 4.98 Å². The van der Waals surface area contributed by atoms with Gasteiger partial charge in [0, 0.05) is 17.3 Å². The first-order valence-electron chi connectivity index (χ1n) is 4.28. The Morgan fingerprint density at radius 2 is 2.47 bits per heavy atom. The molecule has 84 valence electrons. The topological polar surface area (TPSA) is 96.4 Å². The van der Waals surface area contributed by atoms with Crippen molar-refractivity contribution in [3.05, 3.63) is 11.6 Å². The third-order valence-corrected chi connectivity index (χ3v) is 3.76. The lowest BCUT2D eigenvalue weighted by molar-refractivity contribution is -0.139. The van der Waals surface area contributed by atoms with Crippen LogP contribution in [0.15, 0.2) is 15.9 Å². The molecule has 0 amide bonds. The zero-order valence-electron chi connectivity index (χ0n) is 7.87.